The number of hydrogen-bond acceptors (Lipinski definition) is 5. The fourth-order valence-electron chi connectivity index (χ4n) is 6.48. The minimum absolute atomic E-state index is 0.0185. The molecule has 0 heterocycles. The molecular weight excluding hydrogens is 432 g/mol. The van der Waals surface area contributed by atoms with E-state index in [-0.39, 0.29) is 46.9 Å². The van der Waals surface area contributed by atoms with Crippen LogP contribution in [0.1, 0.15) is 58.9 Å². The Balaban J connectivity index is 1.60. The van der Waals surface area contributed by atoms with Crippen LogP contribution in [0.5, 0.6) is 11.5 Å². The Labute approximate surface area is 204 Å². The molecule has 190 valence electrons. The van der Waals surface area contributed by atoms with E-state index in [0.29, 0.717) is 24.5 Å². The van der Waals surface area contributed by atoms with Crippen LogP contribution in [-0.4, -0.2) is 49.8 Å². The van der Waals surface area contributed by atoms with E-state index in [9.17, 15) is 14.7 Å². The molecule has 0 saturated heterocycles. The van der Waals surface area contributed by atoms with Crippen molar-refractivity contribution in [1.29, 1.82) is 0 Å². The highest BCUT2D eigenvalue weighted by molar-refractivity contribution is 5.78. The summed E-state index contributed by atoms with van der Waals surface area (Å²) in [5.74, 6) is 1.18. The Bertz CT molecular complexity index is 875. The molecule has 3 rings (SSSR count). The average molecular weight is 475 g/mol. The smallest absolute Gasteiger partial charge is 0.223 e. The standard InChI is InChI=1S/C27H42N2O5/c1-16(26(32)28-14-11-19-7-8-22(33-5)23(15-19)34-6)20-9-12-27(4)13-10-21(29-18(3)30)17(2)24(27)25(20)31/h7-8,15-17,20-21,24-25,31H,9-14H2,1-6H3,(H,28,32)(H,29,30)/t16-,17-,20-,21-,24+,25-,27+/m0/s1. The number of carbonyl (C=O) groups is 2. The highest BCUT2D eigenvalue weighted by Gasteiger charge is 2.53. The predicted molar refractivity (Wildman–Crippen MR) is 132 cm³/mol. The molecule has 2 saturated carbocycles. The number of aliphatic hydroxyl groups excluding tert-OH is 1. The van der Waals surface area contributed by atoms with Crippen molar-refractivity contribution in [3.8, 4) is 11.5 Å². The molecule has 3 N–H and O–H groups in total. The first-order valence-corrected chi connectivity index (χ1v) is 12.5. The largest absolute Gasteiger partial charge is 0.493 e. The Kier molecular flexibility index (Phi) is 8.50. The summed E-state index contributed by atoms with van der Waals surface area (Å²) in [5, 5.41) is 17.6. The lowest BCUT2D eigenvalue weighted by atomic mass is 9.51. The van der Waals surface area contributed by atoms with Gasteiger partial charge >= 0.3 is 0 Å². The maximum Gasteiger partial charge on any atom is 0.223 e. The summed E-state index contributed by atoms with van der Waals surface area (Å²) in [4.78, 5) is 24.7. The van der Waals surface area contributed by atoms with Gasteiger partial charge in [0.05, 0.1) is 20.3 Å². The van der Waals surface area contributed by atoms with Gasteiger partial charge in [-0.2, -0.15) is 0 Å². The number of aliphatic hydroxyl groups is 1. The van der Waals surface area contributed by atoms with Crippen molar-refractivity contribution < 1.29 is 24.2 Å². The lowest BCUT2D eigenvalue weighted by Gasteiger charge is -2.56. The van der Waals surface area contributed by atoms with Crippen molar-refractivity contribution in [3.05, 3.63) is 23.8 Å². The van der Waals surface area contributed by atoms with Gasteiger partial charge in [-0.05, 0) is 73.0 Å². The number of nitrogens with one attached hydrogen (secondary N) is 2. The van der Waals surface area contributed by atoms with E-state index in [4.69, 9.17) is 9.47 Å². The summed E-state index contributed by atoms with van der Waals surface area (Å²) < 4.78 is 10.6. The summed E-state index contributed by atoms with van der Waals surface area (Å²) in [6.45, 7) is 8.41. The Morgan fingerprint density at radius 3 is 2.50 bits per heavy atom. The fourth-order valence-corrected chi connectivity index (χ4v) is 6.48. The van der Waals surface area contributed by atoms with Gasteiger partial charge in [-0.3, -0.25) is 9.59 Å². The minimum Gasteiger partial charge on any atom is -0.493 e. The zero-order valence-corrected chi connectivity index (χ0v) is 21.5. The third-order valence-electron chi connectivity index (χ3n) is 8.49. The lowest BCUT2D eigenvalue weighted by Crippen LogP contribution is -2.58. The Morgan fingerprint density at radius 1 is 1.18 bits per heavy atom. The number of fused-ring (bicyclic) bond motifs is 1. The summed E-state index contributed by atoms with van der Waals surface area (Å²) in [5.41, 5.74) is 1.10. The molecule has 7 atom stereocenters. The normalized spacial score (nSPS) is 31.7. The van der Waals surface area contributed by atoms with Gasteiger partial charge in [-0.25, -0.2) is 0 Å². The number of hydrogen-bond donors (Lipinski definition) is 3. The second kappa shape index (κ2) is 11.0. The van der Waals surface area contributed by atoms with Crippen molar-refractivity contribution >= 4 is 11.8 Å². The number of amides is 2. The summed E-state index contributed by atoms with van der Waals surface area (Å²) in [7, 11) is 3.21. The molecule has 2 fully saturated rings. The van der Waals surface area contributed by atoms with Gasteiger partial charge in [0.1, 0.15) is 0 Å². The fraction of sp³-hybridized carbons (Fsp3) is 0.704. The van der Waals surface area contributed by atoms with Gasteiger partial charge in [0.25, 0.3) is 0 Å². The van der Waals surface area contributed by atoms with Crippen molar-refractivity contribution in [2.45, 2.75) is 71.9 Å². The van der Waals surface area contributed by atoms with E-state index in [0.717, 1.165) is 31.2 Å². The summed E-state index contributed by atoms with van der Waals surface area (Å²) in [6.07, 6.45) is 3.90. The van der Waals surface area contributed by atoms with Crippen LogP contribution in [0.25, 0.3) is 0 Å². The highest BCUT2D eigenvalue weighted by Crippen LogP contribution is 2.55. The Hall–Kier alpha value is -2.28. The first kappa shape index (κ1) is 26.3. The quantitative estimate of drug-likeness (QED) is 0.537. The molecule has 0 unspecified atom stereocenters. The molecule has 0 aromatic heterocycles. The van der Waals surface area contributed by atoms with E-state index in [1.54, 1.807) is 21.1 Å². The number of carbonyl (C=O) groups excluding carboxylic acids is 2. The molecule has 0 radical (unpaired) electrons. The molecule has 0 aliphatic heterocycles. The third kappa shape index (κ3) is 5.51. The minimum atomic E-state index is -0.558. The number of methoxy groups -OCH3 is 2. The second-order valence-electron chi connectivity index (χ2n) is 10.6. The highest BCUT2D eigenvalue weighted by atomic mass is 16.5. The molecule has 34 heavy (non-hydrogen) atoms. The molecule has 1 aromatic carbocycles. The van der Waals surface area contributed by atoms with Crippen LogP contribution in [0, 0.1) is 29.1 Å². The maximum atomic E-state index is 13.0. The van der Waals surface area contributed by atoms with Gasteiger partial charge < -0.3 is 25.2 Å². The van der Waals surface area contributed by atoms with Gasteiger partial charge in [0.15, 0.2) is 11.5 Å². The van der Waals surface area contributed by atoms with Gasteiger partial charge in [-0.1, -0.05) is 26.8 Å². The number of benzene rings is 1. The zero-order chi connectivity index (χ0) is 25.0. The van der Waals surface area contributed by atoms with E-state index in [2.05, 4.69) is 24.5 Å². The van der Waals surface area contributed by atoms with Crippen LogP contribution in [0.2, 0.25) is 0 Å². The molecule has 0 spiro atoms. The van der Waals surface area contributed by atoms with E-state index >= 15 is 0 Å². The van der Waals surface area contributed by atoms with Crippen LogP contribution in [-0.2, 0) is 16.0 Å². The third-order valence-corrected chi connectivity index (χ3v) is 8.49. The van der Waals surface area contributed by atoms with E-state index < -0.39 is 6.10 Å². The monoisotopic (exact) mass is 474 g/mol. The molecular formula is C27H42N2O5. The molecule has 7 nitrogen and oxygen atoms in total. The second-order valence-corrected chi connectivity index (χ2v) is 10.6. The molecule has 2 aliphatic carbocycles. The van der Waals surface area contributed by atoms with Crippen LogP contribution in [0.3, 0.4) is 0 Å². The molecule has 1 aromatic rings. The van der Waals surface area contributed by atoms with Crippen LogP contribution >= 0.6 is 0 Å². The summed E-state index contributed by atoms with van der Waals surface area (Å²) in [6, 6.07) is 5.84. The first-order chi connectivity index (χ1) is 16.1. The van der Waals surface area contributed by atoms with Gasteiger partial charge in [0, 0.05) is 25.4 Å². The molecule has 2 aliphatic rings. The van der Waals surface area contributed by atoms with Crippen molar-refractivity contribution in [3.63, 3.8) is 0 Å². The van der Waals surface area contributed by atoms with Gasteiger partial charge in [0.2, 0.25) is 11.8 Å². The maximum absolute atomic E-state index is 13.0. The molecule has 0 bridgehead atoms. The SMILES string of the molecule is COc1ccc(CCNC(=O)[C@@H](C)[C@@H]2CC[C@]3(C)CC[C@H](NC(C)=O)[C@H](C)[C@@H]3[C@H]2O)cc1OC. The predicted octanol–water partition coefficient (Wildman–Crippen LogP) is 3.33. The average Bonchev–Trinajstić information content (AvgIpc) is 2.80. The van der Waals surface area contributed by atoms with Crippen LogP contribution in [0.15, 0.2) is 18.2 Å². The van der Waals surface area contributed by atoms with Crippen molar-refractivity contribution in [1.82, 2.24) is 10.6 Å². The van der Waals surface area contributed by atoms with Crippen molar-refractivity contribution in [2.24, 2.45) is 29.1 Å². The zero-order valence-electron chi connectivity index (χ0n) is 21.5. The molecule has 2 amide bonds. The van der Waals surface area contributed by atoms with E-state index in [1.165, 1.54) is 0 Å². The Morgan fingerprint density at radius 2 is 1.85 bits per heavy atom. The number of rotatable bonds is 8. The summed E-state index contributed by atoms with van der Waals surface area (Å²) >= 11 is 0. The number of ether oxygens (including phenoxy) is 2. The van der Waals surface area contributed by atoms with Crippen LogP contribution in [0.4, 0.5) is 0 Å². The first-order valence-electron chi connectivity index (χ1n) is 12.5. The lowest BCUT2D eigenvalue weighted by molar-refractivity contribution is -0.143. The van der Waals surface area contributed by atoms with Crippen molar-refractivity contribution in [2.75, 3.05) is 20.8 Å². The topological polar surface area (TPSA) is 96.9 Å². The van der Waals surface area contributed by atoms with Gasteiger partial charge in [-0.15, -0.1) is 0 Å². The van der Waals surface area contributed by atoms with Crippen LogP contribution < -0.4 is 20.1 Å². The van der Waals surface area contributed by atoms with E-state index in [1.807, 2.05) is 25.1 Å². The molecule has 7 heteroatoms.